The van der Waals surface area contributed by atoms with E-state index in [1.165, 1.54) is 11.1 Å². The van der Waals surface area contributed by atoms with Crippen molar-refractivity contribution in [2.24, 2.45) is 17.2 Å². The Hall–Kier alpha value is -1.38. The largest absolute Gasteiger partial charge is 0.402 e. The van der Waals surface area contributed by atoms with Gasteiger partial charge < -0.3 is 17.2 Å². The quantitative estimate of drug-likeness (QED) is 0.621. The molecule has 0 aliphatic carbocycles. The smallest absolute Gasteiger partial charge is 0.0323 e. The fourth-order valence-corrected chi connectivity index (χ4v) is 1.60. The molecular weight excluding hydrogens is 210 g/mol. The van der Waals surface area contributed by atoms with Crippen LogP contribution in [0, 0.1) is 0 Å². The average Bonchev–Trinajstić information content (AvgIpc) is 2.27. The lowest BCUT2D eigenvalue weighted by Crippen LogP contribution is -2.06. The normalized spacial score (nSPS) is 15.4. The van der Waals surface area contributed by atoms with Crippen LogP contribution in [0.2, 0.25) is 0 Å². The van der Waals surface area contributed by atoms with Crippen LogP contribution in [0.1, 0.15) is 53.4 Å². The summed E-state index contributed by atoms with van der Waals surface area (Å²) in [5, 5.41) is 0. The van der Waals surface area contributed by atoms with Crippen LogP contribution < -0.4 is 17.2 Å². The molecule has 0 unspecified atom stereocenters. The molecule has 0 aliphatic rings. The Balaban J connectivity index is 4.69. The summed E-state index contributed by atoms with van der Waals surface area (Å²) in [5.74, 6) is 0. The van der Waals surface area contributed by atoms with Gasteiger partial charge in [-0.05, 0) is 51.2 Å². The van der Waals surface area contributed by atoms with Crippen molar-refractivity contribution in [1.29, 1.82) is 0 Å². The maximum Gasteiger partial charge on any atom is 0.0323 e. The van der Waals surface area contributed by atoms with Crippen molar-refractivity contribution in [3.63, 3.8) is 0 Å². The zero-order chi connectivity index (χ0) is 13.4. The molecule has 0 spiro atoms. The molecule has 0 amide bonds. The summed E-state index contributed by atoms with van der Waals surface area (Å²) in [6, 6.07) is 0. The van der Waals surface area contributed by atoms with E-state index in [4.69, 9.17) is 17.2 Å². The third-order valence-electron chi connectivity index (χ3n) is 2.99. The molecule has 0 aromatic heterocycles. The Morgan fingerprint density at radius 3 is 1.94 bits per heavy atom. The lowest BCUT2D eigenvalue weighted by atomic mass is 10.0. The predicted octanol–water partition coefficient (Wildman–Crippen LogP) is 2.89. The van der Waals surface area contributed by atoms with Gasteiger partial charge in [-0.2, -0.15) is 0 Å². The van der Waals surface area contributed by atoms with E-state index < -0.39 is 0 Å². The minimum absolute atomic E-state index is 0.738. The minimum Gasteiger partial charge on any atom is -0.402 e. The Bertz CT molecular complexity index is 331. The molecule has 0 aliphatic heterocycles. The Labute approximate surface area is 105 Å². The highest BCUT2D eigenvalue weighted by Gasteiger charge is 2.03. The van der Waals surface area contributed by atoms with Gasteiger partial charge in [0, 0.05) is 17.1 Å². The van der Waals surface area contributed by atoms with Crippen LogP contribution in [0.5, 0.6) is 0 Å². The summed E-state index contributed by atoms with van der Waals surface area (Å²) < 4.78 is 0. The minimum atomic E-state index is 0.738. The first kappa shape index (κ1) is 15.6. The first-order valence-electron chi connectivity index (χ1n) is 6.27. The van der Waals surface area contributed by atoms with E-state index >= 15 is 0 Å². The van der Waals surface area contributed by atoms with Crippen molar-refractivity contribution in [3.8, 4) is 0 Å². The molecule has 0 atom stereocenters. The molecule has 17 heavy (non-hydrogen) atoms. The van der Waals surface area contributed by atoms with E-state index in [1.807, 2.05) is 13.0 Å². The molecule has 3 nitrogen and oxygen atoms in total. The molecule has 0 saturated heterocycles. The van der Waals surface area contributed by atoms with Gasteiger partial charge in [0.25, 0.3) is 0 Å². The van der Waals surface area contributed by atoms with Gasteiger partial charge in [0.15, 0.2) is 0 Å². The van der Waals surface area contributed by atoms with Crippen LogP contribution in [-0.4, -0.2) is 0 Å². The third kappa shape index (κ3) is 6.05. The Kier molecular flexibility index (Phi) is 7.19. The maximum absolute atomic E-state index is 6.01. The molecule has 98 valence electrons. The molecule has 6 N–H and O–H groups in total. The van der Waals surface area contributed by atoms with Crippen LogP contribution in [0.15, 0.2) is 34.3 Å². The topological polar surface area (TPSA) is 78.1 Å². The predicted molar refractivity (Wildman–Crippen MR) is 75.9 cm³/mol. The molecular formula is C14H27N3. The van der Waals surface area contributed by atoms with Crippen LogP contribution in [0.25, 0.3) is 0 Å². The maximum atomic E-state index is 6.01. The van der Waals surface area contributed by atoms with Gasteiger partial charge in [0.05, 0.1) is 0 Å². The van der Waals surface area contributed by atoms with E-state index in [2.05, 4.69) is 20.8 Å². The van der Waals surface area contributed by atoms with E-state index in [0.29, 0.717) is 0 Å². The fraction of sp³-hybridized carbons (Fsp3) is 0.571. The Morgan fingerprint density at radius 1 is 0.941 bits per heavy atom. The Morgan fingerprint density at radius 2 is 1.53 bits per heavy atom. The number of hydrogen-bond donors (Lipinski definition) is 3. The first-order valence-corrected chi connectivity index (χ1v) is 6.27. The number of allylic oxidation sites excluding steroid dienone is 5. The van der Waals surface area contributed by atoms with Crippen molar-refractivity contribution in [2.75, 3.05) is 0 Å². The standard InChI is InChI=1S/C14H27N3/c1-5-10(3)13(16)8-7-12(6-2)14(17)9-11(4)15/h9H,5-8,15-17H2,1-4H3/b11-9+,13-10+,14-12+. The molecule has 0 heterocycles. The SMILES string of the molecule is CC/C(C)=C(/N)CC/C(CC)=C(N)\C=C(/C)N. The van der Waals surface area contributed by atoms with Gasteiger partial charge in [0.2, 0.25) is 0 Å². The van der Waals surface area contributed by atoms with Crippen LogP contribution in [0.3, 0.4) is 0 Å². The monoisotopic (exact) mass is 237 g/mol. The van der Waals surface area contributed by atoms with Gasteiger partial charge in [-0.15, -0.1) is 0 Å². The van der Waals surface area contributed by atoms with Gasteiger partial charge in [-0.3, -0.25) is 0 Å². The van der Waals surface area contributed by atoms with Crippen LogP contribution in [0.4, 0.5) is 0 Å². The van der Waals surface area contributed by atoms with Gasteiger partial charge in [0.1, 0.15) is 0 Å². The lowest BCUT2D eigenvalue weighted by molar-refractivity contribution is 0.832. The van der Waals surface area contributed by atoms with Crippen molar-refractivity contribution in [2.45, 2.75) is 53.4 Å². The highest BCUT2D eigenvalue weighted by atomic mass is 14.6. The number of hydrogen-bond acceptors (Lipinski definition) is 3. The summed E-state index contributed by atoms with van der Waals surface area (Å²) >= 11 is 0. The number of rotatable bonds is 6. The molecule has 0 rings (SSSR count). The fourth-order valence-electron chi connectivity index (χ4n) is 1.60. The average molecular weight is 237 g/mol. The molecule has 0 fully saturated rings. The van der Waals surface area contributed by atoms with Gasteiger partial charge >= 0.3 is 0 Å². The zero-order valence-electron chi connectivity index (χ0n) is 11.6. The van der Waals surface area contributed by atoms with Crippen molar-refractivity contribution in [3.05, 3.63) is 34.3 Å². The summed E-state index contributed by atoms with van der Waals surface area (Å²) in [4.78, 5) is 0. The van der Waals surface area contributed by atoms with E-state index in [0.717, 1.165) is 42.8 Å². The van der Waals surface area contributed by atoms with Crippen molar-refractivity contribution >= 4 is 0 Å². The first-order chi connectivity index (χ1) is 7.92. The molecule has 3 heteroatoms. The summed E-state index contributed by atoms with van der Waals surface area (Å²) in [6.45, 7) is 8.15. The van der Waals surface area contributed by atoms with Crippen molar-refractivity contribution < 1.29 is 0 Å². The molecule has 0 bridgehead atoms. The summed E-state index contributed by atoms with van der Waals surface area (Å²) in [5.41, 5.74) is 22.6. The second-order valence-corrected chi connectivity index (χ2v) is 4.46. The number of nitrogens with two attached hydrogens (primary N) is 3. The third-order valence-corrected chi connectivity index (χ3v) is 2.99. The molecule has 0 aromatic rings. The zero-order valence-corrected chi connectivity index (χ0v) is 11.6. The molecule has 0 aromatic carbocycles. The van der Waals surface area contributed by atoms with Gasteiger partial charge in [-0.1, -0.05) is 19.4 Å². The van der Waals surface area contributed by atoms with E-state index in [9.17, 15) is 0 Å². The highest BCUT2D eigenvalue weighted by Crippen LogP contribution is 2.17. The summed E-state index contributed by atoms with van der Waals surface area (Å²) in [6.07, 6.45) is 5.56. The molecule has 0 radical (unpaired) electrons. The highest BCUT2D eigenvalue weighted by molar-refractivity contribution is 5.25. The van der Waals surface area contributed by atoms with E-state index in [-0.39, 0.29) is 0 Å². The van der Waals surface area contributed by atoms with Crippen LogP contribution >= 0.6 is 0 Å². The lowest BCUT2D eigenvalue weighted by Gasteiger charge is -2.10. The van der Waals surface area contributed by atoms with Gasteiger partial charge in [-0.25, -0.2) is 0 Å². The molecule has 0 saturated carbocycles. The van der Waals surface area contributed by atoms with Crippen molar-refractivity contribution in [1.82, 2.24) is 0 Å². The van der Waals surface area contributed by atoms with Crippen LogP contribution in [-0.2, 0) is 0 Å². The van der Waals surface area contributed by atoms with E-state index in [1.54, 1.807) is 0 Å². The second kappa shape index (κ2) is 7.82. The summed E-state index contributed by atoms with van der Waals surface area (Å²) in [7, 11) is 0. The second-order valence-electron chi connectivity index (χ2n) is 4.46.